The minimum absolute atomic E-state index is 0.0532. The Labute approximate surface area is 132 Å². The topological polar surface area (TPSA) is 67.6 Å². The lowest BCUT2D eigenvalue weighted by atomic mass is 10.0. The largest absolute Gasteiger partial charge is 0.497 e. The van der Waals surface area contributed by atoms with Crippen molar-refractivity contribution in [2.75, 3.05) is 26.7 Å². The molecule has 0 aromatic heterocycles. The highest BCUT2D eigenvalue weighted by atomic mass is 16.5. The van der Waals surface area contributed by atoms with Crippen LogP contribution in [-0.2, 0) is 11.3 Å². The lowest BCUT2D eigenvalue weighted by Gasteiger charge is -2.36. The van der Waals surface area contributed by atoms with Gasteiger partial charge in [0.1, 0.15) is 5.75 Å². The molecular weight excluding hydrogens is 278 g/mol. The molecule has 0 saturated carbocycles. The van der Waals surface area contributed by atoms with Crippen LogP contribution in [0, 0.1) is 0 Å². The molecule has 22 heavy (non-hydrogen) atoms. The number of methoxy groups -OCH3 is 1. The standard InChI is InChI=1S/C17H27N3O2/c1-22-16-7-5-14(6-8-16)13-20-11-3-2-4-15(20)12-19-17(21)9-10-18/h5-8,15H,2-4,9-13,18H2,1H3,(H,19,21). The van der Waals surface area contributed by atoms with Crippen LogP contribution in [-0.4, -0.2) is 43.6 Å². The summed E-state index contributed by atoms with van der Waals surface area (Å²) in [7, 11) is 1.68. The molecule has 1 saturated heterocycles. The highest BCUT2D eigenvalue weighted by Crippen LogP contribution is 2.20. The van der Waals surface area contributed by atoms with Crippen LogP contribution in [0.1, 0.15) is 31.2 Å². The van der Waals surface area contributed by atoms with Crippen molar-refractivity contribution in [2.45, 2.75) is 38.3 Å². The van der Waals surface area contributed by atoms with E-state index in [4.69, 9.17) is 10.5 Å². The minimum atomic E-state index is 0.0532. The molecule has 1 aromatic carbocycles. The van der Waals surface area contributed by atoms with Crippen molar-refractivity contribution in [1.82, 2.24) is 10.2 Å². The Morgan fingerprint density at radius 2 is 2.14 bits per heavy atom. The molecule has 0 radical (unpaired) electrons. The van der Waals surface area contributed by atoms with Crippen molar-refractivity contribution < 1.29 is 9.53 Å². The minimum Gasteiger partial charge on any atom is -0.497 e. The van der Waals surface area contributed by atoms with Gasteiger partial charge in [0.2, 0.25) is 5.91 Å². The highest BCUT2D eigenvalue weighted by molar-refractivity contribution is 5.76. The zero-order valence-electron chi connectivity index (χ0n) is 13.4. The van der Waals surface area contributed by atoms with Gasteiger partial charge in [0.25, 0.3) is 0 Å². The molecule has 0 bridgehead atoms. The summed E-state index contributed by atoms with van der Waals surface area (Å²) in [6, 6.07) is 8.63. The lowest BCUT2D eigenvalue weighted by molar-refractivity contribution is -0.121. The maximum Gasteiger partial charge on any atom is 0.221 e. The molecule has 2 rings (SSSR count). The van der Waals surface area contributed by atoms with Gasteiger partial charge in [0.05, 0.1) is 7.11 Å². The number of carbonyl (C=O) groups excluding carboxylic acids is 1. The van der Waals surface area contributed by atoms with Crippen LogP contribution in [0.15, 0.2) is 24.3 Å². The number of ether oxygens (including phenoxy) is 1. The van der Waals surface area contributed by atoms with Gasteiger partial charge in [-0.05, 0) is 37.1 Å². The molecule has 122 valence electrons. The summed E-state index contributed by atoms with van der Waals surface area (Å²) in [6.07, 6.45) is 4.00. The average molecular weight is 305 g/mol. The lowest BCUT2D eigenvalue weighted by Crippen LogP contribution is -2.46. The predicted molar refractivity (Wildman–Crippen MR) is 87.7 cm³/mol. The number of hydrogen-bond donors (Lipinski definition) is 2. The number of piperidine rings is 1. The number of amides is 1. The third-order valence-electron chi connectivity index (χ3n) is 4.20. The summed E-state index contributed by atoms with van der Waals surface area (Å²) < 4.78 is 5.20. The summed E-state index contributed by atoms with van der Waals surface area (Å²) in [5.74, 6) is 0.936. The number of nitrogens with zero attached hydrogens (tertiary/aromatic N) is 1. The first kappa shape index (κ1) is 16.8. The smallest absolute Gasteiger partial charge is 0.221 e. The van der Waals surface area contributed by atoms with E-state index in [1.54, 1.807) is 7.11 Å². The number of hydrogen-bond acceptors (Lipinski definition) is 4. The van der Waals surface area contributed by atoms with Gasteiger partial charge in [-0.1, -0.05) is 18.6 Å². The molecular formula is C17H27N3O2. The van der Waals surface area contributed by atoms with Crippen LogP contribution in [0.2, 0.25) is 0 Å². The molecule has 1 unspecified atom stereocenters. The number of likely N-dealkylation sites (tertiary alicyclic amines) is 1. The van der Waals surface area contributed by atoms with Gasteiger partial charge in [0.15, 0.2) is 0 Å². The summed E-state index contributed by atoms with van der Waals surface area (Å²) >= 11 is 0. The molecule has 0 spiro atoms. The Bertz CT molecular complexity index is 461. The van der Waals surface area contributed by atoms with Crippen molar-refractivity contribution in [3.8, 4) is 5.75 Å². The van der Waals surface area contributed by atoms with E-state index in [1.165, 1.54) is 18.4 Å². The monoisotopic (exact) mass is 305 g/mol. The molecule has 1 atom stereocenters. The third-order valence-corrected chi connectivity index (χ3v) is 4.20. The van der Waals surface area contributed by atoms with Gasteiger partial charge in [-0.25, -0.2) is 0 Å². The molecule has 5 heteroatoms. The number of rotatable bonds is 7. The van der Waals surface area contributed by atoms with Crippen LogP contribution in [0.4, 0.5) is 0 Å². The first-order valence-corrected chi connectivity index (χ1v) is 8.06. The molecule has 3 N–H and O–H groups in total. The summed E-state index contributed by atoms with van der Waals surface area (Å²) in [5, 5.41) is 3.01. The van der Waals surface area contributed by atoms with Crippen molar-refractivity contribution in [3.05, 3.63) is 29.8 Å². The Balaban J connectivity index is 1.89. The molecule has 1 heterocycles. The first-order valence-electron chi connectivity index (χ1n) is 8.06. The van der Waals surface area contributed by atoms with E-state index in [-0.39, 0.29) is 5.91 Å². The zero-order chi connectivity index (χ0) is 15.8. The van der Waals surface area contributed by atoms with Crippen LogP contribution < -0.4 is 15.8 Å². The Hall–Kier alpha value is -1.59. The molecule has 1 aliphatic rings. The van der Waals surface area contributed by atoms with Crippen molar-refractivity contribution >= 4 is 5.91 Å². The summed E-state index contributed by atoms with van der Waals surface area (Å²) in [6.45, 7) is 3.13. The molecule has 1 fully saturated rings. The third kappa shape index (κ3) is 5.00. The second kappa shape index (κ2) is 8.76. The highest BCUT2D eigenvalue weighted by Gasteiger charge is 2.22. The van der Waals surface area contributed by atoms with E-state index < -0.39 is 0 Å². The van der Waals surface area contributed by atoms with Crippen LogP contribution >= 0.6 is 0 Å². The van der Waals surface area contributed by atoms with Gasteiger partial charge in [-0.2, -0.15) is 0 Å². The molecule has 1 aliphatic heterocycles. The van der Waals surface area contributed by atoms with Crippen molar-refractivity contribution in [1.29, 1.82) is 0 Å². The molecule has 0 aliphatic carbocycles. The van der Waals surface area contributed by atoms with E-state index in [9.17, 15) is 4.79 Å². The average Bonchev–Trinajstić information content (AvgIpc) is 2.55. The second-order valence-corrected chi connectivity index (χ2v) is 5.81. The zero-order valence-corrected chi connectivity index (χ0v) is 13.4. The molecule has 1 aromatic rings. The van der Waals surface area contributed by atoms with Gasteiger partial charge in [0, 0.05) is 32.1 Å². The Morgan fingerprint density at radius 3 is 2.82 bits per heavy atom. The quantitative estimate of drug-likeness (QED) is 0.801. The van der Waals surface area contributed by atoms with Crippen molar-refractivity contribution in [2.24, 2.45) is 5.73 Å². The van der Waals surface area contributed by atoms with Gasteiger partial charge in [-0.15, -0.1) is 0 Å². The second-order valence-electron chi connectivity index (χ2n) is 5.81. The van der Waals surface area contributed by atoms with E-state index in [2.05, 4.69) is 22.3 Å². The Kier molecular flexibility index (Phi) is 6.68. The summed E-state index contributed by atoms with van der Waals surface area (Å²) in [4.78, 5) is 14.1. The van der Waals surface area contributed by atoms with E-state index in [0.29, 0.717) is 19.0 Å². The van der Waals surface area contributed by atoms with E-state index in [0.717, 1.165) is 31.8 Å². The maximum atomic E-state index is 11.6. The van der Waals surface area contributed by atoms with E-state index >= 15 is 0 Å². The Morgan fingerprint density at radius 1 is 1.36 bits per heavy atom. The van der Waals surface area contributed by atoms with E-state index in [1.807, 2.05) is 12.1 Å². The number of benzene rings is 1. The predicted octanol–water partition coefficient (Wildman–Crippen LogP) is 1.51. The fraction of sp³-hybridized carbons (Fsp3) is 0.588. The maximum absolute atomic E-state index is 11.6. The number of carbonyl (C=O) groups is 1. The van der Waals surface area contributed by atoms with Gasteiger partial charge >= 0.3 is 0 Å². The first-order chi connectivity index (χ1) is 10.7. The molecule has 5 nitrogen and oxygen atoms in total. The fourth-order valence-electron chi connectivity index (χ4n) is 2.92. The summed E-state index contributed by atoms with van der Waals surface area (Å²) in [5.41, 5.74) is 6.69. The fourth-order valence-corrected chi connectivity index (χ4v) is 2.92. The van der Waals surface area contributed by atoms with Gasteiger partial charge < -0.3 is 15.8 Å². The normalized spacial score (nSPS) is 18.9. The SMILES string of the molecule is COc1ccc(CN2CCCCC2CNC(=O)CCN)cc1. The number of nitrogens with two attached hydrogens (primary N) is 1. The van der Waals surface area contributed by atoms with Crippen LogP contribution in [0.3, 0.4) is 0 Å². The van der Waals surface area contributed by atoms with Crippen molar-refractivity contribution in [3.63, 3.8) is 0 Å². The van der Waals surface area contributed by atoms with Crippen LogP contribution in [0.25, 0.3) is 0 Å². The molecule has 1 amide bonds. The van der Waals surface area contributed by atoms with Crippen LogP contribution in [0.5, 0.6) is 5.75 Å². The number of nitrogens with one attached hydrogen (secondary N) is 1. The van der Waals surface area contributed by atoms with Gasteiger partial charge in [-0.3, -0.25) is 9.69 Å².